The molecule has 0 aromatic carbocycles. The average Bonchev–Trinajstić information content (AvgIpc) is 2.95. The summed E-state index contributed by atoms with van der Waals surface area (Å²) in [6, 6.07) is 10.6. The summed E-state index contributed by atoms with van der Waals surface area (Å²) in [5.74, 6) is 0.994. The first-order chi connectivity index (χ1) is 18.8. The van der Waals surface area contributed by atoms with Gasteiger partial charge in [-0.1, -0.05) is 36.9 Å². The number of halogens is 1. The highest BCUT2D eigenvalue weighted by Gasteiger charge is 2.32. The van der Waals surface area contributed by atoms with Gasteiger partial charge in [-0.05, 0) is 57.7 Å². The fourth-order valence-corrected chi connectivity index (χ4v) is 5.08. The number of aromatic nitrogens is 2. The smallest absolute Gasteiger partial charge is 0.307 e. The molecule has 0 radical (unpaired) electrons. The topological polar surface area (TPSA) is 135 Å². The number of anilines is 2. The number of esters is 1. The minimum Gasteiger partial charge on any atom is -0.466 e. The van der Waals surface area contributed by atoms with Crippen LogP contribution in [0.15, 0.2) is 30.5 Å². The van der Waals surface area contributed by atoms with Gasteiger partial charge in [-0.25, -0.2) is 9.97 Å². The van der Waals surface area contributed by atoms with Crippen LogP contribution in [0.3, 0.4) is 0 Å². The van der Waals surface area contributed by atoms with Gasteiger partial charge in [0.05, 0.1) is 35.2 Å². The summed E-state index contributed by atoms with van der Waals surface area (Å²) in [4.78, 5) is 19.8. The highest BCUT2D eigenvalue weighted by Crippen LogP contribution is 2.31. The summed E-state index contributed by atoms with van der Waals surface area (Å²) in [6.45, 7) is 6.16. The summed E-state index contributed by atoms with van der Waals surface area (Å²) in [7, 11) is 0. The molecule has 1 aliphatic carbocycles. The molecular weight excluding hydrogens is 516 g/mol. The van der Waals surface area contributed by atoms with Gasteiger partial charge in [0.25, 0.3) is 0 Å². The summed E-state index contributed by atoms with van der Waals surface area (Å²) >= 11 is 6.19. The lowest BCUT2D eigenvalue weighted by molar-refractivity contribution is -0.143. The van der Waals surface area contributed by atoms with Crippen LogP contribution in [0.2, 0.25) is 5.02 Å². The lowest BCUT2D eigenvalue weighted by Crippen LogP contribution is -2.39. The van der Waals surface area contributed by atoms with E-state index in [1.807, 2.05) is 25.1 Å². The van der Waals surface area contributed by atoms with Gasteiger partial charge in [0.15, 0.2) is 0 Å². The molecule has 1 saturated heterocycles. The minimum absolute atomic E-state index is 0.0895. The predicted octanol–water partition coefficient (Wildman–Crippen LogP) is 5.36. The molecule has 1 atom stereocenters. The second-order valence-electron chi connectivity index (χ2n) is 10.3. The molecule has 39 heavy (non-hydrogen) atoms. The van der Waals surface area contributed by atoms with E-state index >= 15 is 0 Å². The Kier molecular flexibility index (Phi) is 12.2. The van der Waals surface area contributed by atoms with E-state index in [1.54, 1.807) is 6.07 Å². The molecule has 1 saturated carbocycles. The lowest BCUT2D eigenvalue weighted by Gasteiger charge is -2.30. The van der Waals surface area contributed by atoms with Crippen molar-refractivity contribution in [2.45, 2.75) is 77.3 Å². The predicted molar refractivity (Wildman–Crippen MR) is 154 cm³/mol. The first kappa shape index (κ1) is 30.6. The van der Waals surface area contributed by atoms with E-state index in [2.05, 4.69) is 33.6 Å². The van der Waals surface area contributed by atoms with E-state index in [-0.39, 0.29) is 12.0 Å². The van der Waals surface area contributed by atoms with Gasteiger partial charge in [0.1, 0.15) is 11.6 Å². The SMILES string of the molecule is CCOC(=O)C[C@@H](C)NC1CCCCC1.N#CC1(CNc2cccc(-c3cc(N)ncc3Cl)n2)CCOCC1. The summed E-state index contributed by atoms with van der Waals surface area (Å²) < 4.78 is 10.3. The molecular formula is C29H41ClN6O3. The molecule has 2 aromatic heterocycles. The number of nitriles is 1. The van der Waals surface area contributed by atoms with Crippen molar-refractivity contribution in [3.63, 3.8) is 0 Å². The second-order valence-corrected chi connectivity index (χ2v) is 10.7. The molecule has 1 aliphatic heterocycles. The maximum absolute atomic E-state index is 11.2. The number of hydrogen-bond donors (Lipinski definition) is 3. The maximum atomic E-state index is 11.2. The van der Waals surface area contributed by atoms with Crippen LogP contribution in [-0.4, -0.2) is 54.4 Å². The molecule has 2 aliphatic rings. The van der Waals surface area contributed by atoms with Crippen molar-refractivity contribution in [1.82, 2.24) is 15.3 Å². The van der Waals surface area contributed by atoms with Crippen molar-refractivity contribution in [3.8, 4) is 17.3 Å². The first-order valence-electron chi connectivity index (χ1n) is 13.9. The van der Waals surface area contributed by atoms with Gasteiger partial charge in [-0.3, -0.25) is 4.79 Å². The molecule has 9 nitrogen and oxygen atoms in total. The maximum Gasteiger partial charge on any atom is 0.307 e. The third-order valence-electron chi connectivity index (χ3n) is 7.10. The van der Waals surface area contributed by atoms with E-state index in [4.69, 9.17) is 26.8 Å². The normalized spacial score (nSPS) is 17.7. The summed E-state index contributed by atoms with van der Waals surface area (Å²) in [5, 5.41) is 16.8. The minimum atomic E-state index is -0.408. The zero-order valence-corrected chi connectivity index (χ0v) is 23.8. The third kappa shape index (κ3) is 9.95. The monoisotopic (exact) mass is 556 g/mol. The van der Waals surface area contributed by atoms with Gasteiger partial charge in [-0.15, -0.1) is 0 Å². The summed E-state index contributed by atoms with van der Waals surface area (Å²) in [5.41, 5.74) is 6.76. The van der Waals surface area contributed by atoms with Crippen molar-refractivity contribution in [2.75, 3.05) is 37.4 Å². The van der Waals surface area contributed by atoms with E-state index in [0.717, 1.165) is 18.4 Å². The number of rotatable bonds is 9. The van der Waals surface area contributed by atoms with E-state index in [1.165, 1.54) is 38.3 Å². The highest BCUT2D eigenvalue weighted by atomic mass is 35.5. The number of pyridine rings is 2. The number of hydrogen-bond acceptors (Lipinski definition) is 9. The van der Waals surface area contributed by atoms with Gasteiger partial charge >= 0.3 is 5.97 Å². The third-order valence-corrected chi connectivity index (χ3v) is 7.40. The molecule has 2 aromatic rings. The molecule has 0 amide bonds. The number of ether oxygens (including phenoxy) is 2. The number of carbonyl (C=O) groups excluding carboxylic acids is 1. The van der Waals surface area contributed by atoms with Crippen LogP contribution in [0.4, 0.5) is 11.6 Å². The van der Waals surface area contributed by atoms with Crippen LogP contribution in [0.1, 0.15) is 65.2 Å². The van der Waals surface area contributed by atoms with Crippen molar-refractivity contribution < 1.29 is 14.3 Å². The van der Waals surface area contributed by atoms with E-state index < -0.39 is 5.41 Å². The van der Waals surface area contributed by atoms with Gasteiger partial charge < -0.3 is 25.8 Å². The number of nitrogens with two attached hydrogens (primary N) is 1. The molecule has 0 unspecified atom stereocenters. The van der Waals surface area contributed by atoms with Crippen LogP contribution in [-0.2, 0) is 14.3 Å². The lowest BCUT2D eigenvalue weighted by atomic mass is 9.82. The van der Waals surface area contributed by atoms with Crippen molar-refractivity contribution in [3.05, 3.63) is 35.5 Å². The number of nitrogens with zero attached hydrogens (tertiary/aromatic N) is 3. The second kappa shape index (κ2) is 15.6. The van der Waals surface area contributed by atoms with Crippen molar-refractivity contribution in [2.24, 2.45) is 5.41 Å². The number of nitrogen functional groups attached to an aromatic ring is 1. The Balaban J connectivity index is 0.000000242. The van der Waals surface area contributed by atoms with Crippen molar-refractivity contribution >= 4 is 29.2 Å². The van der Waals surface area contributed by atoms with Crippen molar-refractivity contribution in [1.29, 1.82) is 5.26 Å². The molecule has 2 fully saturated rings. The highest BCUT2D eigenvalue weighted by molar-refractivity contribution is 6.33. The van der Waals surface area contributed by atoms with Gasteiger partial charge in [-0.2, -0.15) is 5.26 Å². The largest absolute Gasteiger partial charge is 0.466 e. The van der Waals surface area contributed by atoms with Gasteiger partial charge in [0, 0.05) is 43.6 Å². The van der Waals surface area contributed by atoms with Crippen LogP contribution in [0, 0.1) is 16.7 Å². The molecule has 4 N–H and O–H groups in total. The number of nitrogens with one attached hydrogen (secondary N) is 2. The molecule has 212 valence electrons. The quantitative estimate of drug-likeness (QED) is 0.348. The molecule has 10 heteroatoms. The Hall–Kier alpha value is -2.93. The van der Waals surface area contributed by atoms with Crippen LogP contribution >= 0.6 is 11.6 Å². The standard InChI is InChI=1S/C17H18ClN5O.C12H23NO2/c18-13-9-21-15(20)8-12(13)14-2-1-3-16(23-14)22-11-17(10-19)4-6-24-7-5-17;1-3-15-12(14)9-10(2)13-11-7-5-4-6-8-11/h1-3,8-9H,4-7,11H2,(H2,20,21)(H,22,23);10-11,13H,3-9H2,1-2H3/t;10-/m.1/s1. The zero-order valence-electron chi connectivity index (χ0n) is 23.0. The molecule has 4 rings (SSSR count). The molecule has 3 heterocycles. The zero-order chi connectivity index (χ0) is 28.1. The Labute approximate surface area is 236 Å². The summed E-state index contributed by atoms with van der Waals surface area (Å²) in [6.07, 6.45) is 9.98. The van der Waals surface area contributed by atoms with Crippen LogP contribution in [0.5, 0.6) is 0 Å². The first-order valence-corrected chi connectivity index (χ1v) is 14.2. The number of carbonyl (C=O) groups is 1. The molecule has 0 bridgehead atoms. The Bertz CT molecular complexity index is 1100. The Morgan fingerprint density at radius 1 is 1.31 bits per heavy atom. The van der Waals surface area contributed by atoms with Crippen LogP contribution in [0.25, 0.3) is 11.3 Å². The van der Waals surface area contributed by atoms with E-state index in [0.29, 0.717) is 61.2 Å². The fourth-order valence-electron chi connectivity index (χ4n) is 4.88. The Morgan fingerprint density at radius 3 is 2.74 bits per heavy atom. The fraction of sp³-hybridized carbons (Fsp3) is 0.586. The molecule has 0 spiro atoms. The average molecular weight is 557 g/mol. The van der Waals surface area contributed by atoms with E-state index in [9.17, 15) is 10.1 Å². The van der Waals surface area contributed by atoms with Crippen LogP contribution < -0.4 is 16.4 Å². The van der Waals surface area contributed by atoms with Gasteiger partial charge in [0.2, 0.25) is 0 Å². The Morgan fingerprint density at radius 2 is 2.05 bits per heavy atom.